The van der Waals surface area contributed by atoms with E-state index in [1.165, 1.54) is 4.57 Å². The van der Waals surface area contributed by atoms with Gasteiger partial charge in [0.1, 0.15) is 5.75 Å². The second-order valence-corrected chi connectivity index (χ2v) is 7.59. The third-order valence-electron chi connectivity index (χ3n) is 4.68. The van der Waals surface area contributed by atoms with Gasteiger partial charge in [-0.3, -0.25) is 19.1 Å². The molecule has 1 aromatic heterocycles. The number of nitrogens with zero attached hydrogens (tertiary/aromatic N) is 1. The van der Waals surface area contributed by atoms with Gasteiger partial charge >= 0.3 is 5.69 Å². The minimum atomic E-state index is -0.861. The zero-order valence-corrected chi connectivity index (χ0v) is 16.4. The van der Waals surface area contributed by atoms with Crippen molar-refractivity contribution in [3.05, 3.63) is 61.9 Å². The molecule has 2 heterocycles. The number of ether oxygens (including phenoxy) is 1. The van der Waals surface area contributed by atoms with E-state index in [0.29, 0.717) is 29.1 Å². The zero-order chi connectivity index (χ0) is 20.1. The molecule has 150 valence electrons. The minimum absolute atomic E-state index is 0.0568. The third-order valence-corrected chi connectivity index (χ3v) is 5.66. The van der Waals surface area contributed by atoms with Crippen molar-refractivity contribution in [1.82, 2.24) is 14.9 Å². The predicted octanol–water partition coefficient (Wildman–Crippen LogP) is 0.574. The molecule has 9 heteroatoms. The van der Waals surface area contributed by atoms with E-state index < -0.39 is 11.8 Å². The van der Waals surface area contributed by atoms with Gasteiger partial charge in [-0.2, -0.15) is 11.8 Å². The molecule has 0 fully saturated rings. The molecule has 8 nitrogen and oxygen atoms in total. The summed E-state index contributed by atoms with van der Waals surface area (Å²) >= 11 is 1.65. The van der Waals surface area contributed by atoms with Crippen LogP contribution in [0.3, 0.4) is 0 Å². The Bertz CT molecular complexity index is 969. The summed E-state index contributed by atoms with van der Waals surface area (Å²) in [5.74, 6) is 1.76. The van der Waals surface area contributed by atoms with E-state index in [2.05, 4.69) is 10.3 Å². The van der Waals surface area contributed by atoms with Crippen molar-refractivity contribution in [3.63, 3.8) is 0 Å². The Morgan fingerprint density at radius 2 is 2.25 bits per heavy atom. The molecule has 1 amide bonds. The van der Waals surface area contributed by atoms with Gasteiger partial charge in [0.25, 0.3) is 5.56 Å². The first kappa shape index (κ1) is 20.2. The van der Waals surface area contributed by atoms with Crippen molar-refractivity contribution < 1.29 is 14.6 Å². The molecular formula is C19H23N3O5S. The van der Waals surface area contributed by atoms with Gasteiger partial charge in [0.2, 0.25) is 5.91 Å². The molecule has 2 aromatic rings. The summed E-state index contributed by atoms with van der Waals surface area (Å²) in [6.45, 7) is 0.241. The van der Waals surface area contributed by atoms with E-state index >= 15 is 0 Å². The highest BCUT2D eigenvalue weighted by Crippen LogP contribution is 2.21. The van der Waals surface area contributed by atoms with Crippen LogP contribution in [0, 0.1) is 0 Å². The lowest BCUT2D eigenvalue weighted by molar-refractivity contribution is -0.121. The normalized spacial score (nSPS) is 14.2. The summed E-state index contributed by atoms with van der Waals surface area (Å²) in [5.41, 5.74) is 1.15. The van der Waals surface area contributed by atoms with Gasteiger partial charge in [0.05, 0.1) is 13.2 Å². The first-order valence-corrected chi connectivity index (χ1v) is 10.2. The highest BCUT2D eigenvalue weighted by atomic mass is 32.2. The summed E-state index contributed by atoms with van der Waals surface area (Å²) in [4.78, 5) is 38.6. The molecule has 28 heavy (non-hydrogen) atoms. The Kier molecular flexibility index (Phi) is 6.58. The fourth-order valence-corrected chi connectivity index (χ4v) is 4.13. The Labute approximate surface area is 165 Å². The van der Waals surface area contributed by atoms with E-state index in [1.54, 1.807) is 43.1 Å². The number of fused-ring (bicyclic) bond motifs is 1. The van der Waals surface area contributed by atoms with Crippen molar-refractivity contribution in [2.45, 2.75) is 31.2 Å². The van der Waals surface area contributed by atoms with Crippen molar-refractivity contribution >= 4 is 17.7 Å². The van der Waals surface area contributed by atoms with Gasteiger partial charge in [-0.15, -0.1) is 0 Å². The monoisotopic (exact) mass is 405 g/mol. The predicted molar refractivity (Wildman–Crippen MR) is 107 cm³/mol. The lowest BCUT2D eigenvalue weighted by atomic mass is 10.1. The summed E-state index contributed by atoms with van der Waals surface area (Å²) < 4.78 is 6.61. The number of amides is 1. The van der Waals surface area contributed by atoms with Crippen molar-refractivity contribution in [1.29, 1.82) is 0 Å². The number of methoxy groups -OCH3 is 1. The van der Waals surface area contributed by atoms with E-state index in [9.17, 15) is 19.5 Å². The lowest BCUT2D eigenvalue weighted by Gasteiger charge is -2.19. The van der Waals surface area contributed by atoms with E-state index in [4.69, 9.17) is 4.74 Å². The fraction of sp³-hybridized carbons (Fsp3) is 0.421. The Morgan fingerprint density at radius 1 is 1.43 bits per heavy atom. The van der Waals surface area contributed by atoms with Gasteiger partial charge in [-0.1, -0.05) is 12.1 Å². The topological polar surface area (TPSA) is 113 Å². The Morgan fingerprint density at radius 3 is 3.04 bits per heavy atom. The number of thioether (sulfide) groups is 1. The summed E-state index contributed by atoms with van der Waals surface area (Å²) in [7, 11) is 1.55. The number of aliphatic hydroxyl groups is 1. The highest BCUT2D eigenvalue weighted by Gasteiger charge is 2.19. The number of hydrogen-bond donors (Lipinski definition) is 3. The molecule has 3 N–H and O–H groups in total. The first-order chi connectivity index (χ1) is 13.5. The maximum absolute atomic E-state index is 12.2. The van der Waals surface area contributed by atoms with Crippen LogP contribution in [0.1, 0.15) is 29.3 Å². The van der Waals surface area contributed by atoms with Crippen LogP contribution in [0.2, 0.25) is 0 Å². The number of rotatable bonds is 7. The summed E-state index contributed by atoms with van der Waals surface area (Å²) in [6.07, 6.45) is -0.147. The van der Waals surface area contributed by atoms with Crippen LogP contribution in [0.5, 0.6) is 5.75 Å². The highest BCUT2D eigenvalue weighted by molar-refractivity contribution is 7.98. The van der Waals surface area contributed by atoms with Gasteiger partial charge < -0.3 is 15.2 Å². The third kappa shape index (κ3) is 4.66. The van der Waals surface area contributed by atoms with Crippen molar-refractivity contribution in [2.24, 2.45) is 0 Å². The SMILES string of the molecule is COc1cccc(C(O)CNC(=O)CCn2c3c(c(=O)[nH]c2=O)CSCC3)c1. The lowest BCUT2D eigenvalue weighted by Crippen LogP contribution is -2.38. The van der Waals surface area contributed by atoms with Gasteiger partial charge in [-0.25, -0.2) is 4.79 Å². The zero-order valence-electron chi connectivity index (χ0n) is 15.6. The average Bonchev–Trinajstić information content (AvgIpc) is 2.71. The number of hydrogen-bond acceptors (Lipinski definition) is 6. The van der Waals surface area contributed by atoms with Crippen molar-refractivity contribution in [3.8, 4) is 5.75 Å². The van der Waals surface area contributed by atoms with E-state index in [0.717, 1.165) is 11.4 Å². The van der Waals surface area contributed by atoms with Crippen LogP contribution in [0.25, 0.3) is 0 Å². The van der Waals surface area contributed by atoms with Crippen LogP contribution in [-0.4, -0.2) is 40.0 Å². The number of benzene rings is 1. The average molecular weight is 405 g/mol. The molecule has 0 aliphatic carbocycles. The smallest absolute Gasteiger partial charge is 0.328 e. The second-order valence-electron chi connectivity index (χ2n) is 6.49. The Balaban J connectivity index is 1.59. The summed E-state index contributed by atoms with van der Waals surface area (Å²) in [6, 6.07) is 7.00. The molecule has 0 spiro atoms. The van der Waals surface area contributed by atoms with Crippen LogP contribution in [0.4, 0.5) is 0 Å². The molecule has 1 atom stereocenters. The van der Waals surface area contributed by atoms with Crippen LogP contribution < -0.4 is 21.3 Å². The van der Waals surface area contributed by atoms with Crippen LogP contribution in [0.15, 0.2) is 33.9 Å². The molecule has 0 radical (unpaired) electrons. The number of nitrogens with one attached hydrogen (secondary N) is 2. The number of carbonyl (C=O) groups excluding carboxylic acids is 1. The number of aliphatic hydroxyl groups excluding tert-OH is 1. The molecule has 0 bridgehead atoms. The van der Waals surface area contributed by atoms with Crippen molar-refractivity contribution in [2.75, 3.05) is 19.4 Å². The molecule has 0 saturated carbocycles. The number of aromatic amines is 1. The standard InChI is InChI=1S/C19H23N3O5S/c1-27-13-4-2-3-12(9-13)16(23)10-20-17(24)5-7-22-15-6-8-28-11-14(15)18(25)21-19(22)26/h2-4,9,16,23H,5-8,10-11H2,1H3,(H,20,24)(H,21,25,26). The van der Waals surface area contributed by atoms with Crippen LogP contribution in [-0.2, 0) is 23.5 Å². The quantitative estimate of drug-likeness (QED) is 0.621. The van der Waals surface area contributed by atoms with Crippen LogP contribution >= 0.6 is 11.8 Å². The number of carbonyl (C=O) groups is 1. The maximum Gasteiger partial charge on any atom is 0.328 e. The largest absolute Gasteiger partial charge is 0.497 e. The molecule has 1 aliphatic heterocycles. The van der Waals surface area contributed by atoms with E-state index in [1.807, 2.05) is 0 Å². The van der Waals surface area contributed by atoms with Gasteiger partial charge in [-0.05, 0) is 29.9 Å². The molecule has 1 aliphatic rings. The maximum atomic E-state index is 12.2. The molecular weight excluding hydrogens is 382 g/mol. The molecule has 0 saturated heterocycles. The second kappa shape index (κ2) is 9.11. The number of H-pyrrole nitrogens is 1. The molecule has 1 aromatic carbocycles. The van der Waals surface area contributed by atoms with E-state index in [-0.39, 0.29) is 31.0 Å². The number of aromatic nitrogens is 2. The van der Waals surface area contributed by atoms with Gasteiger partial charge in [0, 0.05) is 36.5 Å². The minimum Gasteiger partial charge on any atom is -0.497 e. The fourth-order valence-electron chi connectivity index (χ4n) is 3.15. The first-order valence-electron chi connectivity index (χ1n) is 9.01. The Hall–Kier alpha value is -2.52. The molecule has 3 rings (SSSR count). The summed E-state index contributed by atoms with van der Waals surface area (Å²) in [5, 5.41) is 12.9. The molecule has 1 unspecified atom stereocenters. The van der Waals surface area contributed by atoms with Gasteiger partial charge in [0.15, 0.2) is 0 Å².